The maximum Gasteiger partial charge on any atom is 0.344 e. The van der Waals surface area contributed by atoms with Gasteiger partial charge >= 0.3 is 11.9 Å². The van der Waals surface area contributed by atoms with Gasteiger partial charge < -0.3 is 19.3 Å². The van der Waals surface area contributed by atoms with Crippen LogP contribution in [0.2, 0.25) is 0 Å². The fourth-order valence-electron chi connectivity index (χ4n) is 6.87. The molecule has 0 unspecified atom stereocenters. The largest absolute Gasteiger partial charge is 0.481 e. The van der Waals surface area contributed by atoms with Crippen molar-refractivity contribution in [3.8, 4) is 33.8 Å². The molecule has 0 saturated carbocycles. The molecule has 0 bridgehead atoms. The van der Waals surface area contributed by atoms with Crippen LogP contribution in [0.4, 0.5) is 17.6 Å². The first-order valence-corrected chi connectivity index (χ1v) is 28.3. The molecule has 0 spiro atoms. The molecule has 1 N–H and O–H groups in total. The SMILES string of the molecule is CN(Cc1ccc(OCC(=O)O)c(-c2ccc(F)c(S(C)(=O)=O)c2)c1)S(=O)(=O)c1ccc(F)cc1.CN(Cc1ccc(OCC(=O)OC(C)(C)C)c(-c2ccc(F)c(S(C)(=O)=O)c2)c1)S(=O)(=O)c1ccc(F)cc1. The van der Waals surface area contributed by atoms with Gasteiger partial charge in [-0.3, -0.25) is 0 Å². The number of hydrogen-bond acceptors (Lipinski definition) is 13. The molecule has 0 aliphatic heterocycles. The van der Waals surface area contributed by atoms with Crippen molar-refractivity contribution < 1.29 is 80.1 Å². The predicted molar refractivity (Wildman–Crippen MR) is 264 cm³/mol. The molecule has 0 aromatic heterocycles. The lowest BCUT2D eigenvalue weighted by Gasteiger charge is -2.21. The highest BCUT2D eigenvalue weighted by molar-refractivity contribution is 7.91. The van der Waals surface area contributed by atoms with E-state index in [-0.39, 0.29) is 51.1 Å². The molecule has 0 aliphatic carbocycles. The number of carboxylic acids is 1. The van der Waals surface area contributed by atoms with Gasteiger partial charge in [-0.15, -0.1) is 0 Å². The van der Waals surface area contributed by atoms with Crippen LogP contribution in [0.25, 0.3) is 22.3 Å². The summed E-state index contributed by atoms with van der Waals surface area (Å²) >= 11 is 0. The fraction of sp³-hybridized carbons (Fsp3) is 0.240. The topological polar surface area (TPSA) is 225 Å². The van der Waals surface area contributed by atoms with Crippen LogP contribution < -0.4 is 9.47 Å². The van der Waals surface area contributed by atoms with E-state index in [2.05, 4.69) is 0 Å². The number of sulfonamides is 2. The highest BCUT2D eigenvalue weighted by Crippen LogP contribution is 2.36. The normalized spacial score (nSPS) is 12.2. The Kier molecular flexibility index (Phi) is 18.3. The van der Waals surface area contributed by atoms with Crippen molar-refractivity contribution in [1.29, 1.82) is 0 Å². The van der Waals surface area contributed by atoms with Crippen LogP contribution in [0, 0.1) is 23.3 Å². The Morgan fingerprint density at radius 2 is 0.892 bits per heavy atom. The molecule has 396 valence electrons. The van der Waals surface area contributed by atoms with Gasteiger partial charge in [0, 0.05) is 50.8 Å². The zero-order chi connectivity index (χ0) is 55.1. The van der Waals surface area contributed by atoms with E-state index in [0.29, 0.717) is 16.7 Å². The van der Waals surface area contributed by atoms with Gasteiger partial charge in [0.25, 0.3) is 0 Å². The molecule has 6 rings (SSSR count). The number of esters is 1. The lowest BCUT2D eigenvalue weighted by Crippen LogP contribution is -2.27. The minimum Gasteiger partial charge on any atom is -0.481 e. The van der Waals surface area contributed by atoms with Crippen LogP contribution in [0.5, 0.6) is 11.5 Å². The molecule has 0 aliphatic rings. The minimum atomic E-state index is -3.97. The lowest BCUT2D eigenvalue weighted by atomic mass is 10.0. The van der Waals surface area contributed by atoms with Crippen molar-refractivity contribution in [3.05, 3.63) is 156 Å². The Morgan fingerprint density at radius 3 is 1.23 bits per heavy atom. The molecule has 74 heavy (non-hydrogen) atoms. The number of rotatable bonds is 18. The first-order chi connectivity index (χ1) is 34.3. The first-order valence-electron chi connectivity index (χ1n) is 21.6. The maximum atomic E-state index is 14.3. The van der Waals surface area contributed by atoms with E-state index in [4.69, 9.17) is 19.3 Å². The Morgan fingerprint density at radius 1 is 0.527 bits per heavy atom. The Bertz CT molecular complexity index is 3520. The van der Waals surface area contributed by atoms with Crippen molar-refractivity contribution >= 4 is 51.7 Å². The first kappa shape index (κ1) is 58.2. The van der Waals surface area contributed by atoms with Crippen molar-refractivity contribution in [2.45, 2.75) is 59.0 Å². The summed E-state index contributed by atoms with van der Waals surface area (Å²) in [7, 11) is -13.1. The Labute approximate surface area is 426 Å². The van der Waals surface area contributed by atoms with Crippen LogP contribution in [-0.2, 0) is 67.1 Å². The molecule has 0 fully saturated rings. The molecule has 16 nitrogen and oxygen atoms in total. The van der Waals surface area contributed by atoms with Crippen molar-refractivity contribution in [1.82, 2.24) is 8.61 Å². The maximum absolute atomic E-state index is 14.3. The van der Waals surface area contributed by atoms with Crippen LogP contribution in [0.15, 0.2) is 141 Å². The number of nitrogens with zero attached hydrogens (tertiary/aromatic N) is 2. The highest BCUT2D eigenvalue weighted by atomic mass is 32.2. The number of carbonyl (C=O) groups excluding carboxylic acids is 1. The molecule has 0 atom stereocenters. The van der Waals surface area contributed by atoms with E-state index >= 15 is 0 Å². The smallest absolute Gasteiger partial charge is 0.344 e. The molecule has 0 heterocycles. The van der Waals surface area contributed by atoms with E-state index < -0.39 is 104 Å². The highest BCUT2D eigenvalue weighted by Gasteiger charge is 2.25. The summed E-state index contributed by atoms with van der Waals surface area (Å²) in [5.74, 6) is -4.69. The predicted octanol–water partition coefficient (Wildman–Crippen LogP) is 7.90. The van der Waals surface area contributed by atoms with E-state index in [9.17, 15) is 60.8 Å². The zero-order valence-corrected chi connectivity index (χ0v) is 43.9. The van der Waals surface area contributed by atoms with E-state index in [1.165, 1.54) is 50.5 Å². The van der Waals surface area contributed by atoms with Gasteiger partial charge in [0.15, 0.2) is 32.9 Å². The molecule has 0 amide bonds. The minimum absolute atomic E-state index is 0.0752. The van der Waals surface area contributed by atoms with Crippen molar-refractivity contribution in [2.24, 2.45) is 0 Å². The number of halogens is 4. The molecule has 6 aromatic carbocycles. The number of hydrogen-bond donors (Lipinski definition) is 1. The van der Waals surface area contributed by atoms with Gasteiger partial charge in [-0.05, 0) is 140 Å². The monoisotopic (exact) mass is 1110 g/mol. The summed E-state index contributed by atoms with van der Waals surface area (Å²) in [5.41, 5.74) is 1.21. The number of carboxylic acid groups (broad SMARTS) is 1. The summed E-state index contributed by atoms with van der Waals surface area (Å²) in [4.78, 5) is 21.9. The van der Waals surface area contributed by atoms with Gasteiger partial charge in [0.1, 0.15) is 50.2 Å². The number of sulfone groups is 2. The van der Waals surface area contributed by atoms with Gasteiger partial charge in [-0.2, -0.15) is 8.61 Å². The standard InChI is InChI=1S/C27H29F2NO7S2.C23H21F2NO7S2/c1-27(2,3)37-26(31)17-36-24-13-6-18(16-30(4)39(34,35)21-10-8-20(28)9-11-21)14-22(24)19-7-12-23(29)25(15-19)38(5,32)33;1-26(35(31,32)18-7-5-17(24)6-8-18)13-15-3-10-21(33-14-23(27)28)19(11-15)16-4-9-20(25)22(12-16)34(2,29)30/h6-15H,16-17H2,1-5H3;3-12H,13-14H2,1-2H3,(H,27,28). The third-order valence-corrected chi connectivity index (χ3v) is 16.2. The van der Waals surface area contributed by atoms with Gasteiger partial charge in [-0.1, -0.05) is 24.3 Å². The van der Waals surface area contributed by atoms with E-state index in [0.717, 1.165) is 93.9 Å². The van der Waals surface area contributed by atoms with Crippen LogP contribution in [0.1, 0.15) is 31.9 Å². The third-order valence-electron chi connectivity index (χ3n) is 10.3. The van der Waals surface area contributed by atoms with Gasteiger partial charge in [0.05, 0.1) is 9.79 Å². The summed E-state index contributed by atoms with van der Waals surface area (Å²) in [6.45, 7) is 3.71. The second kappa shape index (κ2) is 23.2. The van der Waals surface area contributed by atoms with Crippen LogP contribution >= 0.6 is 0 Å². The molecule has 0 saturated heterocycles. The Hall–Kier alpha value is -6.70. The fourth-order valence-corrected chi connectivity index (χ4v) is 10.7. The number of aliphatic carboxylic acids is 1. The molecule has 24 heteroatoms. The summed E-state index contributed by atoms with van der Waals surface area (Å²) in [6.07, 6.45) is 1.73. The molecular weight excluding hydrogens is 1060 g/mol. The zero-order valence-electron chi connectivity index (χ0n) is 40.7. The van der Waals surface area contributed by atoms with Gasteiger partial charge in [0.2, 0.25) is 20.0 Å². The number of ether oxygens (including phenoxy) is 3. The number of carbonyl (C=O) groups is 2. The second-order valence-electron chi connectivity index (χ2n) is 17.5. The Balaban J connectivity index is 0.000000276. The summed E-state index contributed by atoms with van der Waals surface area (Å²) in [6, 6.07) is 24.6. The molecule has 6 aromatic rings. The van der Waals surface area contributed by atoms with Crippen molar-refractivity contribution in [2.75, 3.05) is 39.8 Å². The van der Waals surface area contributed by atoms with Gasteiger partial charge in [-0.25, -0.2) is 60.8 Å². The van der Waals surface area contributed by atoms with Crippen LogP contribution in [-0.4, -0.2) is 105 Å². The average Bonchev–Trinajstić information content (AvgIpc) is 3.30. The molecule has 0 radical (unpaired) electrons. The quantitative estimate of drug-likeness (QED) is 0.0638. The average molecular weight is 1110 g/mol. The van der Waals surface area contributed by atoms with Crippen molar-refractivity contribution in [3.63, 3.8) is 0 Å². The third kappa shape index (κ3) is 15.4. The number of benzene rings is 6. The summed E-state index contributed by atoms with van der Waals surface area (Å²) < 4.78 is 173. The van der Waals surface area contributed by atoms with Crippen LogP contribution in [0.3, 0.4) is 0 Å². The lowest BCUT2D eigenvalue weighted by molar-refractivity contribution is -0.157. The van der Waals surface area contributed by atoms with E-state index in [1.54, 1.807) is 32.9 Å². The summed E-state index contributed by atoms with van der Waals surface area (Å²) in [5, 5.41) is 8.96. The molecular formula is C50H50F4N2O14S4. The van der Waals surface area contributed by atoms with E-state index in [1.807, 2.05) is 0 Å². The second-order valence-corrected chi connectivity index (χ2v) is 25.5.